The molecule has 0 unspecified atom stereocenters. The standard InChI is InChI=1S/C16H11N3OS/c1-10-4-5-15(21-10)14-7-12(11-3-2-6-18-9-11)13(8-17)16(20)19-14/h2-7,9H,1H3,(H,19,20). The second-order valence-electron chi connectivity index (χ2n) is 4.56. The van der Waals surface area contributed by atoms with Gasteiger partial charge in [-0.1, -0.05) is 6.07 Å². The number of rotatable bonds is 2. The van der Waals surface area contributed by atoms with E-state index in [-0.39, 0.29) is 11.1 Å². The summed E-state index contributed by atoms with van der Waals surface area (Å²) in [6.07, 6.45) is 3.31. The van der Waals surface area contributed by atoms with Crippen molar-refractivity contribution in [3.63, 3.8) is 0 Å². The van der Waals surface area contributed by atoms with Crippen molar-refractivity contribution in [1.29, 1.82) is 5.26 Å². The number of aromatic nitrogens is 2. The Balaban J connectivity index is 2.26. The molecule has 3 aromatic rings. The van der Waals surface area contributed by atoms with E-state index in [1.54, 1.807) is 29.8 Å². The highest BCUT2D eigenvalue weighted by Crippen LogP contribution is 2.29. The third kappa shape index (κ3) is 2.49. The molecule has 1 N–H and O–H groups in total. The predicted molar refractivity (Wildman–Crippen MR) is 83.1 cm³/mol. The Morgan fingerprint density at radius 2 is 2.19 bits per heavy atom. The summed E-state index contributed by atoms with van der Waals surface area (Å²) in [5.41, 5.74) is 1.82. The van der Waals surface area contributed by atoms with Crippen LogP contribution in [0.1, 0.15) is 10.4 Å². The van der Waals surface area contributed by atoms with Crippen LogP contribution in [-0.4, -0.2) is 9.97 Å². The van der Waals surface area contributed by atoms with Gasteiger partial charge in [0, 0.05) is 28.4 Å². The zero-order chi connectivity index (χ0) is 14.8. The van der Waals surface area contributed by atoms with E-state index in [0.717, 1.165) is 21.0 Å². The molecule has 4 nitrogen and oxygen atoms in total. The number of aromatic amines is 1. The summed E-state index contributed by atoms with van der Waals surface area (Å²) in [5.74, 6) is 0. The molecule has 0 atom stereocenters. The van der Waals surface area contributed by atoms with E-state index >= 15 is 0 Å². The highest BCUT2D eigenvalue weighted by Gasteiger charge is 2.13. The Morgan fingerprint density at radius 1 is 1.33 bits per heavy atom. The average Bonchev–Trinajstić information content (AvgIpc) is 2.94. The summed E-state index contributed by atoms with van der Waals surface area (Å²) in [4.78, 5) is 21.1. The van der Waals surface area contributed by atoms with Crippen molar-refractivity contribution in [1.82, 2.24) is 9.97 Å². The van der Waals surface area contributed by atoms with Gasteiger partial charge in [0.1, 0.15) is 11.6 Å². The first-order valence-electron chi connectivity index (χ1n) is 6.33. The lowest BCUT2D eigenvalue weighted by atomic mass is 10.0. The lowest BCUT2D eigenvalue weighted by molar-refractivity contribution is 1.22. The van der Waals surface area contributed by atoms with Crippen LogP contribution >= 0.6 is 11.3 Å². The van der Waals surface area contributed by atoms with Crippen molar-refractivity contribution in [2.45, 2.75) is 6.92 Å². The van der Waals surface area contributed by atoms with E-state index in [9.17, 15) is 10.1 Å². The smallest absolute Gasteiger partial charge is 0.266 e. The number of nitriles is 1. The van der Waals surface area contributed by atoms with Crippen LogP contribution in [0.15, 0.2) is 47.5 Å². The largest absolute Gasteiger partial charge is 0.320 e. The molecule has 0 aliphatic heterocycles. The van der Waals surface area contributed by atoms with Crippen LogP contribution in [-0.2, 0) is 0 Å². The van der Waals surface area contributed by atoms with Gasteiger partial charge in [0.25, 0.3) is 5.56 Å². The fraction of sp³-hybridized carbons (Fsp3) is 0.0625. The van der Waals surface area contributed by atoms with Gasteiger partial charge in [0.15, 0.2) is 0 Å². The van der Waals surface area contributed by atoms with Gasteiger partial charge in [0.2, 0.25) is 0 Å². The van der Waals surface area contributed by atoms with Gasteiger partial charge < -0.3 is 4.98 Å². The van der Waals surface area contributed by atoms with Crippen molar-refractivity contribution in [3.8, 4) is 27.8 Å². The molecule has 0 aliphatic rings. The van der Waals surface area contributed by atoms with Crippen LogP contribution in [0.4, 0.5) is 0 Å². The van der Waals surface area contributed by atoms with Gasteiger partial charge >= 0.3 is 0 Å². The van der Waals surface area contributed by atoms with Crippen molar-refractivity contribution in [2.75, 3.05) is 0 Å². The van der Waals surface area contributed by atoms with Crippen LogP contribution in [0.2, 0.25) is 0 Å². The molecule has 102 valence electrons. The second kappa shape index (κ2) is 5.35. The fourth-order valence-corrected chi connectivity index (χ4v) is 2.97. The highest BCUT2D eigenvalue weighted by atomic mass is 32.1. The first-order chi connectivity index (χ1) is 10.2. The molecule has 0 spiro atoms. The number of nitrogens with one attached hydrogen (secondary N) is 1. The molecule has 0 amide bonds. The highest BCUT2D eigenvalue weighted by molar-refractivity contribution is 7.15. The van der Waals surface area contributed by atoms with Crippen molar-refractivity contribution in [3.05, 3.63) is 63.5 Å². The zero-order valence-electron chi connectivity index (χ0n) is 11.3. The number of H-pyrrole nitrogens is 1. The molecule has 0 fully saturated rings. The maximum atomic E-state index is 12.2. The third-order valence-corrected chi connectivity index (χ3v) is 4.16. The molecule has 21 heavy (non-hydrogen) atoms. The number of aryl methyl sites for hydroxylation is 1. The summed E-state index contributed by atoms with van der Waals surface area (Å²) in [5, 5.41) is 9.24. The maximum absolute atomic E-state index is 12.2. The molecule has 0 saturated carbocycles. The van der Waals surface area contributed by atoms with Crippen LogP contribution in [0.3, 0.4) is 0 Å². The number of thiophene rings is 1. The molecular formula is C16H11N3OS. The minimum absolute atomic E-state index is 0.111. The Hall–Kier alpha value is -2.71. The van der Waals surface area contributed by atoms with Gasteiger partial charge in [-0.2, -0.15) is 5.26 Å². The van der Waals surface area contributed by atoms with Gasteiger partial charge in [-0.15, -0.1) is 11.3 Å². The van der Waals surface area contributed by atoms with Crippen LogP contribution in [0, 0.1) is 18.3 Å². The molecule has 3 rings (SSSR count). The lowest BCUT2D eigenvalue weighted by Gasteiger charge is -2.06. The fourth-order valence-electron chi connectivity index (χ4n) is 2.13. The van der Waals surface area contributed by atoms with E-state index in [4.69, 9.17) is 0 Å². The van der Waals surface area contributed by atoms with Gasteiger partial charge in [-0.05, 0) is 31.2 Å². The molecule has 3 heterocycles. The molecule has 0 bridgehead atoms. The second-order valence-corrected chi connectivity index (χ2v) is 5.85. The maximum Gasteiger partial charge on any atom is 0.266 e. The van der Waals surface area contributed by atoms with E-state index in [2.05, 4.69) is 9.97 Å². The predicted octanol–water partition coefficient (Wildman–Crippen LogP) is 3.35. The van der Waals surface area contributed by atoms with Gasteiger partial charge in [-0.25, -0.2) is 0 Å². The van der Waals surface area contributed by atoms with Crippen molar-refractivity contribution in [2.24, 2.45) is 0 Å². The Morgan fingerprint density at radius 3 is 2.81 bits per heavy atom. The summed E-state index contributed by atoms with van der Waals surface area (Å²) in [7, 11) is 0. The van der Waals surface area contributed by atoms with Crippen LogP contribution in [0.25, 0.3) is 21.7 Å². The normalized spacial score (nSPS) is 10.3. The average molecular weight is 293 g/mol. The summed E-state index contributed by atoms with van der Waals surface area (Å²) < 4.78 is 0. The SMILES string of the molecule is Cc1ccc(-c2cc(-c3cccnc3)c(C#N)c(=O)[nH]2)s1. The Kier molecular flexibility index (Phi) is 3.38. The van der Waals surface area contributed by atoms with E-state index < -0.39 is 0 Å². The zero-order valence-corrected chi connectivity index (χ0v) is 12.1. The molecular weight excluding hydrogens is 282 g/mol. The molecule has 0 radical (unpaired) electrons. The quantitative estimate of drug-likeness (QED) is 0.787. The van der Waals surface area contributed by atoms with Crippen molar-refractivity contribution < 1.29 is 0 Å². The minimum atomic E-state index is -0.375. The monoisotopic (exact) mass is 293 g/mol. The number of nitrogens with zero attached hydrogens (tertiary/aromatic N) is 2. The minimum Gasteiger partial charge on any atom is -0.320 e. The first kappa shape index (κ1) is 13.3. The third-order valence-electron chi connectivity index (χ3n) is 3.12. The summed E-state index contributed by atoms with van der Waals surface area (Å²) >= 11 is 1.60. The van der Waals surface area contributed by atoms with E-state index in [1.165, 1.54) is 0 Å². The molecule has 3 aromatic heterocycles. The van der Waals surface area contributed by atoms with Crippen LogP contribution in [0.5, 0.6) is 0 Å². The first-order valence-corrected chi connectivity index (χ1v) is 7.15. The lowest BCUT2D eigenvalue weighted by Crippen LogP contribution is -2.12. The molecule has 0 saturated heterocycles. The molecule has 0 aliphatic carbocycles. The number of pyridine rings is 2. The van der Waals surface area contributed by atoms with Crippen LogP contribution < -0.4 is 5.56 Å². The molecule has 0 aromatic carbocycles. The van der Waals surface area contributed by atoms with Crippen molar-refractivity contribution >= 4 is 11.3 Å². The van der Waals surface area contributed by atoms with E-state index in [1.807, 2.05) is 37.3 Å². The Bertz CT molecular complexity index is 888. The topological polar surface area (TPSA) is 69.5 Å². The summed E-state index contributed by atoms with van der Waals surface area (Å²) in [6.45, 7) is 2.01. The Labute approximate surface area is 125 Å². The summed E-state index contributed by atoms with van der Waals surface area (Å²) in [6, 6.07) is 11.4. The molecule has 5 heteroatoms. The van der Waals surface area contributed by atoms with Gasteiger partial charge in [0.05, 0.1) is 10.6 Å². The number of hydrogen-bond acceptors (Lipinski definition) is 4. The van der Waals surface area contributed by atoms with E-state index in [0.29, 0.717) is 5.56 Å². The van der Waals surface area contributed by atoms with Gasteiger partial charge in [-0.3, -0.25) is 9.78 Å². The number of hydrogen-bond donors (Lipinski definition) is 1.